The van der Waals surface area contributed by atoms with Gasteiger partial charge >= 0.3 is 0 Å². The summed E-state index contributed by atoms with van der Waals surface area (Å²) in [6, 6.07) is 13.7. The molecule has 0 saturated carbocycles. The van der Waals surface area contributed by atoms with Gasteiger partial charge in [0.15, 0.2) is 11.5 Å². The molecule has 0 aliphatic carbocycles. The summed E-state index contributed by atoms with van der Waals surface area (Å²) in [4.78, 5) is 14.6. The second-order valence-corrected chi connectivity index (χ2v) is 7.88. The van der Waals surface area contributed by atoms with E-state index in [-0.39, 0.29) is 5.91 Å². The molecule has 0 atom stereocenters. The number of thiocarbonyl (C=S) groups is 1. The van der Waals surface area contributed by atoms with Crippen LogP contribution >= 0.6 is 24.0 Å². The molecule has 0 aromatic heterocycles. The maximum atomic E-state index is 12.5. The van der Waals surface area contributed by atoms with Gasteiger partial charge in [0.25, 0.3) is 5.91 Å². The Morgan fingerprint density at radius 2 is 2.00 bits per heavy atom. The summed E-state index contributed by atoms with van der Waals surface area (Å²) in [5.74, 6) is 1.17. The van der Waals surface area contributed by atoms with E-state index < -0.39 is 0 Å². The standard InChI is InChI=1S/C22H21NO3S2/c1-4-11-23-21(24)20(28-22(23)27)13-16-9-10-18(19(12-16)25-3)26-14-17-8-6-5-7-15(17)2/h4-10,12-13H,1,11,14H2,2-3H3/b20-13-. The number of benzene rings is 2. The molecule has 0 unspecified atom stereocenters. The molecule has 0 N–H and O–H groups in total. The molecule has 0 bridgehead atoms. The first-order chi connectivity index (χ1) is 13.5. The zero-order chi connectivity index (χ0) is 20.1. The van der Waals surface area contributed by atoms with Crippen molar-refractivity contribution in [3.05, 3.63) is 76.7 Å². The molecule has 6 heteroatoms. The molecule has 0 spiro atoms. The fraction of sp³-hybridized carbons (Fsp3) is 0.182. The molecule has 1 aliphatic heterocycles. The van der Waals surface area contributed by atoms with Gasteiger partial charge in [-0.15, -0.1) is 6.58 Å². The van der Waals surface area contributed by atoms with E-state index in [4.69, 9.17) is 21.7 Å². The van der Waals surface area contributed by atoms with E-state index in [1.807, 2.05) is 42.5 Å². The van der Waals surface area contributed by atoms with Crippen LogP contribution in [0.2, 0.25) is 0 Å². The first-order valence-electron chi connectivity index (χ1n) is 8.75. The van der Waals surface area contributed by atoms with E-state index in [0.717, 1.165) is 11.1 Å². The number of amides is 1. The number of hydrogen-bond acceptors (Lipinski definition) is 5. The van der Waals surface area contributed by atoms with Crippen LogP contribution in [0.4, 0.5) is 0 Å². The van der Waals surface area contributed by atoms with Crippen molar-refractivity contribution >= 4 is 40.3 Å². The summed E-state index contributed by atoms with van der Waals surface area (Å²) in [7, 11) is 1.60. The number of ether oxygens (including phenoxy) is 2. The van der Waals surface area contributed by atoms with Crippen LogP contribution in [0, 0.1) is 6.92 Å². The van der Waals surface area contributed by atoms with Gasteiger partial charge in [-0.2, -0.15) is 0 Å². The highest BCUT2D eigenvalue weighted by Gasteiger charge is 2.30. The van der Waals surface area contributed by atoms with Crippen molar-refractivity contribution in [1.82, 2.24) is 4.90 Å². The minimum absolute atomic E-state index is 0.103. The van der Waals surface area contributed by atoms with Crippen molar-refractivity contribution in [2.45, 2.75) is 13.5 Å². The number of nitrogens with zero attached hydrogens (tertiary/aromatic N) is 1. The lowest BCUT2D eigenvalue weighted by atomic mass is 10.1. The van der Waals surface area contributed by atoms with Crippen molar-refractivity contribution in [2.75, 3.05) is 13.7 Å². The van der Waals surface area contributed by atoms with Crippen molar-refractivity contribution in [3.63, 3.8) is 0 Å². The van der Waals surface area contributed by atoms with Crippen molar-refractivity contribution in [2.24, 2.45) is 0 Å². The normalized spacial score (nSPS) is 15.2. The topological polar surface area (TPSA) is 38.8 Å². The van der Waals surface area contributed by atoms with Gasteiger partial charge in [0.1, 0.15) is 10.9 Å². The molecule has 144 valence electrons. The first kappa shape index (κ1) is 20.2. The highest BCUT2D eigenvalue weighted by molar-refractivity contribution is 8.26. The lowest BCUT2D eigenvalue weighted by Gasteiger charge is -2.13. The van der Waals surface area contributed by atoms with Gasteiger partial charge < -0.3 is 9.47 Å². The molecule has 28 heavy (non-hydrogen) atoms. The van der Waals surface area contributed by atoms with Crippen molar-refractivity contribution in [3.8, 4) is 11.5 Å². The molecule has 2 aromatic carbocycles. The number of carbonyl (C=O) groups excluding carboxylic acids is 1. The van der Waals surface area contributed by atoms with E-state index in [0.29, 0.717) is 33.9 Å². The molecule has 1 aliphatic rings. The molecule has 0 radical (unpaired) electrons. The molecule has 3 rings (SSSR count). The minimum Gasteiger partial charge on any atom is -0.493 e. The van der Waals surface area contributed by atoms with Crippen LogP contribution in [0.15, 0.2) is 60.0 Å². The third-order valence-electron chi connectivity index (χ3n) is 4.32. The van der Waals surface area contributed by atoms with Gasteiger partial charge in [-0.3, -0.25) is 9.69 Å². The number of aryl methyl sites for hydroxylation is 1. The second-order valence-electron chi connectivity index (χ2n) is 6.21. The summed E-state index contributed by atoms with van der Waals surface area (Å²) in [5.41, 5.74) is 3.15. The fourth-order valence-corrected chi connectivity index (χ4v) is 4.03. The molecule has 1 heterocycles. The van der Waals surface area contributed by atoms with Crippen LogP contribution in [0.5, 0.6) is 11.5 Å². The van der Waals surface area contributed by atoms with Gasteiger partial charge in [-0.05, 0) is 41.8 Å². The van der Waals surface area contributed by atoms with Gasteiger partial charge in [0, 0.05) is 6.54 Å². The summed E-state index contributed by atoms with van der Waals surface area (Å²) in [6.07, 6.45) is 3.48. The second kappa shape index (κ2) is 9.08. The molecule has 2 aromatic rings. The summed E-state index contributed by atoms with van der Waals surface area (Å²) in [5, 5.41) is 0. The summed E-state index contributed by atoms with van der Waals surface area (Å²) >= 11 is 6.56. The van der Waals surface area contributed by atoms with Gasteiger partial charge in [-0.1, -0.05) is 60.4 Å². The Hall–Kier alpha value is -2.57. The molecular formula is C22H21NO3S2. The number of hydrogen-bond donors (Lipinski definition) is 0. The number of thioether (sulfide) groups is 1. The van der Waals surface area contributed by atoms with E-state index in [1.165, 1.54) is 22.2 Å². The van der Waals surface area contributed by atoms with Crippen LogP contribution < -0.4 is 9.47 Å². The quantitative estimate of drug-likeness (QED) is 0.365. The van der Waals surface area contributed by atoms with Crippen LogP contribution in [0.25, 0.3) is 6.08 Å². The fourth-order valence-electron chi connectivity index (χ4n) is 2.76. The maximum absolute atomic E-state index is 12.5. The Kier molecular flexibility index (Phi) is 6.54. The molecule has 1 amide bonds. The highest BCUT2D eigenvalue weighted by atomic mass is 32.2. The van der Waals surface area contributed by atoms with E-state index >= 15 is 0 Å². The zero-order valence-corrected chi connectivity index (χ0v) is 17.4. The minimum atomic E-state index is -0.103. The maximum Gasteiger partial charge on any atom is 0.266 e. The number of carbonyl (C=O) groups is 1. The Morgan fingerprint density at radius 1 is 1.21 bits per heavy atom. The van der Waals surface area contributed by atoms with Gasteiger partial charge in [0.05, 0.1) is 12.0 Å². The number of methoxy groups -OCH3 is 1. The SMILES string of the molecule is C=CCN1C(=O)/C(=C/c2ccc(OCc3ccccc3C)c(OC)c2)SC1=S. The van der Waals surface area contributed by atoms with Crippen molar-refractivity contribution in [1.29, 1.82) is 0 Å². The average molecular weight is 412 g/mol. The van der Waals surface area contributed by atoms with E-state index in [9.17, 15) is 4.79 Å². The lowest BCUT2D eigenvalue weighted by molar-refractivity contribution is -0.121. The molecule has 1 fully saturated rings. The monoisotopic (exact) mass is 411 g/mol. The Morgan fingerprint density at radius 3 is 2.71 bits per heavy atom. The first-order valence-corrected chi connectivity index (χ1v) is 9.97. The van der Waals surface area contributed by atoms with Crippen LogP contribution in [0.3, 0.4) is 0 Å². The van der Waals surface area contributed by atoms with Crippen LogP contribution in [-0.2, 0) is 11.4 Å². The average Bonchev–Trinajstić information content (AvgIpc) is 2.95. The van der Waals surface area contributed by atoms with Crippen LogP contribution in [-0.4, -0.2) is 28.8 Å². The smallest absolute Gasteiger partial charge is 0.266 e. The van der Waals surface area contributed by atoms with Gasteiger partial charge in [-0.25, -0.2) is 0 Å². The number of rotatable bonds is 7. The van der Waals surface area contributed by atoms with Gasteiger partial charge in [0.2, 0.25) is 0 Å². The van der Waals surface area contributed by atoms with E-state index in [1.54, 1.807) is 13.2 Å². The largest absolute Gasteiger partial charge is 0.493 e. The van der Waals surface area contributed by atoms with Crippen LogP contribution in [0.1, 0.15) is 16.7 Å². The van der Waals surface area contributed by atoms with E-state index in [2.05, 4.69) is 19.6 Å². The summed E-state index contributed by atoms with van der Waals surface area (Å²) in [6.45, 7) is 6.60. The third kappa shape index (κ3) is 4.46. The molecule has 1 saturated heterocycles. The Bertz CT molecular complexity index is 953. The predicted octanol–water partition coefficient (Wildman–Crippen LogP) is 4.97. The predicted molar refractivity (Wildman–Crippen MR) is 119 cm³/mol. The molecule has 4 nitrogen and oxygen atoms in total. The Balaban J connectivity index is 1.78. The lowest BCUT2D eigenvalue weighted by Crippen LogP contribution is -2.27. The zero-order valence-electron chi connectivity index (χ0n) is 15.8. The van der Waals surface area contributed by atoms with Crippen molar-refractivity contribution < 1.29 is 14.3 Å². The summed E-state index contributed by atoms with van der Waals surface area (Å²) < 4.78 is 12.0. The highest BCUT2D eigenvalue weighted by Crippen LogP contribution is 2.35. The molecular weight excluding hydrogens is 390 g/mol. The third-order valence-corrected chi connectivity index (χ3v) is 5.69. The Labute approximate surface area is 174 Å².